The van der Waals surface area contributed by atoms with Crippen molar-refractivity contribution in [3.8, 4) is 0 Å². The Kier molecular flexibility index (Phi) is 4.54. The van der Waals surface area contributed by atoms with Gasteiger partial charge in [0.05, 0.1) is 24.2 Å². The van der Waals surface area contributed by atoms with Crippen LogP contribution in [-0.2, 0) is 14.3 Å². The lowest BCUT2D eigenvalue weighted by molar-refractivity contribution is -0.167. The number of hydrogen-bond donors (Lipinski definition) is 2. The van der Waals surface area contributed by atoms with Gasteiger partial charge in [-0.05, 0) is 19.3 Å². The van der Waals surface area contributed by atoms with Gasteiger partial charge in [0.2, 0.25) is 0 Å². The zero-order chi connectivity index (χ0) is 12.9. The lowest BCUT2D eigenvalue weighted by Gasteiger charge is -2.38. The Labute approximate surface area is 100 Å². The van der Waals surface area contributed by atoms with Crippen LogP contribution in [0.15, 0.2) is 12.8 Å². The molecule has 2 N–H and O–H groups in total. The third-order valence-electron chi connectivity index (χ3n) is 3.54. The van der Waals surface area contributed by atoms with Crippen molar-refractivity contribution in [2.45, 2.75) is 32.1 Å². The average molecular weight is 242 g/mol. The molecule has 0 heterocycles. The van der Waals surface area contributed by atoms with Gasteiger partial charge in [0.15, 0.2) is 0 Å². The molecule has 1 saturated carbocycles. The molecule has 1 rings (SSSR count). The molecule has 0 bridgehead atoms. The summed E-state index contributed by atoms with van der Waals surface area (Å²) >= 11 is 0. The van der Waals surface area contributed by atoms with Crippen LogP contribution in [0.2, 0.25) is 0 Å². The van der Waals surface area contributed by atoms with Gasteiger partial charge in [0.1, 0.15) is 0 Å². The maximum absolute atomic E-state index is 11.4. The van der Waals surface area contributed by atoms with E-state index in [0.29, 0.717) is 12.8 Å². The van der Waals surface area contributed by atoms with Gasteiger partial charge in [-0.3, -0.25) is 9.59 Å². The molecular formula is C12H18O5. The maximum Gasteiger partial charge on any atom is 0.310 e. The Morgan fingerprint density at radius 1 is 1.41 bits per heavy atom. The molecule has 0 radical (unpaired) electrons. The standard InChI is InChI=1S/C12H18O5/c1-2-17-8-7-12(11(15)16)6-4-3-5-9(12)10(13)14/h2,9H,1,3-8H2,(H,13,14)(H,15,16). The number of ether oxygens (including phenoxy) is 1. The van der Waals surface area contributed by atoms with E-state index in [9.17, 15) is 14.7 Å². The van der Waals surface area contributed by atoms with Crippen LogP contribution in [0.25, 0.3) is 0 Å². The fourth-order valence-corrected chi connectivity index (χ4v) is 2.59. The fraction of sp³-hybridized carbons (Fsp3) is 0.667. The molecule has 1 fully saturated rings. The predicted molar refractivity (Wildman–Crippen MR) is 60.4 cm³/mol. The van der Waals surface area contributed by atoms with E-state index in [-0.39, 0.29) is 13.0 Å². The second kappa shape index (κ2) is 5.70. The lowest BCUT2D eigenvalue weighted by Crippen LogP contribution is -2.45. The topological polar surface area (TPSA) is 83.8 Å². The van der Waals surface area contributed by atoms with E-state index in [1.165, 1.54) is 6.26 Å². The molecule has 0 aromatic rings. The SMILES string of the molecule is C=COCCC1(C(=O)O)CCCCC1C(=O)O. The van der Waals surface area contributed by atoms with Crippen LogP contribution in [0, 0.1) is 11.3 Å². The van der Waals surface area contributed by atoms with E-state index in [1.807, 2.05) is 0 Å². The summed E-state index contributed by atoms with van der Waals surface area (Å²) in [6, 6.07) is 0. The van der Waals surface area contributed by atoms with E-state index in [1.54, 1.807) is 0 Å². The molecule has 2 unspecified atom stereocenters. The van der Waals surface area contributed by atoms with Gasteiger partial charge in [-0.25, -0.2) is 0 Å². The third-order valence-corrected chi connectivity index (χ3v) is 3.54. The number of carboxylic acids is 2. The number of carboxylic acid groups (broad SMARTS) is 2. The van der Waals surface area contributed by atoms with Gasteiger partial charge < -0.3 is 14.9 Å². The van der Waals surface area contributed by atoms with Crippen LogP contribution in [0.1, 0.15) is 32.1 Å². The van der Waals surface area contributed by atoms with Gasteiger partial charge >= 0.3 is 11.9 Å². The molecule has 0 spiro atoms. The Morgan fingerprint density at radius 3 is 2.65 bits per heavy atom. The largest absolute Gasteiger partial charge is 0.502 e. The Hall–Kier alpha value is -1.52. The Morgan fingerprint density at radius 2 is 2.12 bits per heavy atom. The summed E-state index contributed by atoms with van der Waals surface area (Å²) in [5.41, 5.74) is -1.19. The minimum atomic E-state index is -1.19. The van der Waals surface area contributed by atoms with Gasteiger partial charge in [-0.2, -0.15) is 0 Å². The highest BCUT2D eigenvalue weighted by Crippen LogP contribution is 2.44. The summed E-state index contributed by atoms with van der Waals surface area (Å²) in [4.78, 5) is 22.6. The van der Waals surface area contributed by atoms with Crippen LogP contribution in [0.4, 0.5) is 0 Å². The molecule has 17 heavy (non-hydrogen) atoms. The summed E-state index contributed by atoms with van der Waals surface area (Å²) in [5.74, 6) is -2.87. The molecule has 5 nitrogen and oxygen atoms in total. The van der Waals surface area contributed by atoms with Crippen molar-refractivity contribution in [3.05, 3.63) is 12.8 Å². The molecule has 0 aromatic carbocycles. The fourth-order valence-electron chi connectivity index (χ4n) is 2.59. The summed E-state index contributed by atoms with van der Waals surface area (Å²) < 4.78 is 4.95. The first kappa shape index (κ1) is 13.5. The molecule has 2 atom stereocenters. The van der Waals surface area contributed by atoms with Crippen molar-refractivity contribution < 1.29 is 24.5 Å². The second-order valence-corrected chi connectivity index (χ2v) is 4.39. The summed E-state index contributed by atoms with van der Waals surface area (Å²) in [7, 11) is 0. The minimum absolute atomic E-state index is 0.194. The van der Waals surface area contributed by atoms with Crippen molar-refractivity contribution in [2.75, 3.05) is 6.61 Å². The van der Waals surface area contributed by atoms with E-state index in [0.717, 1.165) is 12.8 Å². The Bertz CT molecular complexity index is 312. The van der Waals surface area contributed by atoms with Crippen LogP contribution >= 0.6 is 0 Å². The first-order valence-corrected chi connectivity index (χ1v) is 5.73. The molecule has 96 valence electrons. The minimum Gasteiger partial charge on any atom is -0.502 e. The van der Waals surface area contributed by atoms with Gasteiger partial charge in [0, 0.05) is 0 Å². The number of carbonyl (C=O) groups is 2. The predicted octanol–water partition coefficient (Wildman–Crippen LogP) is 1.88. The summed E-state index contributed by atoms with van der Waals surface area (Å²) in [6.07, 6.45) is 3.81. The maximum atomic E-state index is 11.4. The van der Waals surface area contributed by atoms with Crippen LogP contribution < -0.4 is 0 Å². The van der Waals surface area contributed by atoms with Crippen LogP contribution in [0.5, 0.6) is 0 Å². The molecule has 0 saturated heterocycles. The molecule has 1 aliphatic rings. The first-order valence-electron chi connectivity index (χ1n) is 5.73. The van der Waals surface area contributed by atoms with Crippen molar-refractivity contribution in [3.63, 3.8) is 0 Å². The smallest absolute Gasteiger partial charge is 0.310 e. The van der Waals surface area contributed by atoms with E-state index in [4.69, 9.17) is 9.84 Å². The number of aliphatic carboxylic acids is 2. The molecule has 0 aromatic heterocycles. The number of hydrogen-bond acceptors (Lipinski definition) is 3. The van der Waals surface area contributed by atoms with Crippen molar-refractivity contribution in [2.24, 2.45) is 11.3 Å². The highest BCUT2D eigenvalue weighted by Gasteiger charge is 2.50. The second-order valence-electron chi connectivity index (χ2n) is 4.39. The molecule has 0 aliphatic heterocycles. The van der Waals surface area contributed by atoms with Gasteiger partial charge in [-0.15, -0.1) is 0 Å². The van der Waals surface area contributed by atoms with E-state index < -0.39 is 23.3 Å². The van der Waals surface area contributed by atoms with Crippen LogP contribution in [0.3, 0.4) is 0 Å². The summed E-state index contributed by atoms with van der Waals surface area (Å²) in [5, 5.41) is 18.5. The molecule has 0 amide bonds. The zero-order valence-corrected chi connectivity index (χ0v) is 9.72. The van der Waals surface area contributed by atoms with Crippen molar-refractivity contribution >= 4 is 11.9 Å². The monoisotopic (exact) mass is 242 g/mol. The highest BCUT2D eigenvalue weighted by atomic mass is 16.5. The first-order chi connectivity index (χ1) is 8.04. The average Bonchev–Trinajstić information content (AvgIpc) is 2.29. The van der Waals surface area contributed by atoms with E-state index >= 15 is 0 Å². The van der Waals surface area contributed by atoms with E-state index in [2.05, 4.69) is 6.58 Å². The van der Waals surface area contributed by atoms with Crippen molar-refractivity contribution in [1.82, 2.24) is 0 Å². The quantitative estimate of drug-likeness (QED) is 0.548. The van der Waals surface area contributed by atoms with Gasteiger partial charge in [-0.1, -0.05) is 19.4 Å². The normalized spacial score (nSPS) is 28.4. The third kappa shape index (κ3) is 2.78. The van der Waals surface area contributed by atoms with Gasteiger partial charge in [0.25, 0.3) is 0 Å². The van der Waals surface area contributed by atoms with Crippen LogP contribution in [-0.4, -0.2) is 28.8 Å². The number of rotatable bonds is 6. The van der Waals surface area contributed by atoms with Crippen molar-refractivity contribution in [1.29, 1.82) is 0 Å². The zero-order valence-electron chi connectivity index (χ0n) is 9.72. The Balaban J connectivity index is 2.88. The highest BCUT2D eigenvalue weighted by molar-refractivity contribution is 5.83. The molecular weight excluding hydrogens is 224 g/mol. The molecule has 5 heteroatoms. The molecule has 1 aliphatic carbocycles. The lowest BCUT2D eigenvalue weighted by atomic mass is 9.64. The summed E-state index contributed by atoms with van der Waals surface area (Å²) in [6.45, 7) is 3.57.